The van der Waals surface area contributed by atoms with Crippen LogP contribution in [0.15, 0.2) is 18.2 Å². The number of carbonyl (C=O) groups excluding carboxylic acids is 1. The summed E-state index contributed by atoms with van der Waals surface area (Å²) in [6.07, 6.45) is 1.62. The molecule has 1 fully saturated rings. The quantitative estimate of drug-likeness (QED) is 0.846. The van der Waals surface area contributed by atoms with E-state index in [9.17, 15) is 23.5 Å². The topological polar surface area (TPSA) is 75.6 Å². The van der Waals surface area contributed by atoms with Crippen LogP contribution >= 0.6 is 0 Å². The molecule has 0 aromatic heterocycles. The van der Waals surface area contributed by atoms with Crippen LogP contribution in [0.2, 0.25) is 0 Å². The fraction of sp³-hybridized carbons (Fsp3) is 0.467. The Morgan fingerprint density at radius 1 is 1.41 bits per heavy atom. The first-order chi connectivity index (χ1) is 10.3. The van der Waals surface area contributed by atoms with Crippen molar-refractivity contribution in [3.8, 4) is 5.75 Å². The van der Waals surface area contributed by atoms with E-state index in [1.165, 1.54) is 6.07 Å². The zero-order valence-electron chi connectivity index (χ0n) is 12.1. The van der Waals surface area contributed by atoms with E-state index in [0.717, 1.165) is 6.42 Å². The number of benzene rings is 1. The van der Waals surface area contributed by atoms with Gasteiger partial charge in [0, 0.05) is 18.2 Å². The van der Waals surface area contributed by atoms with Crippen LogP contribution in [-0.4, -0.2) is 23.6 Å². The molecule has 0 unspecified atom stereocenters. The van der Waals surface area contributed by atoms with E-state index < -0.39 is 23.9 Å². The number of nitrogens with one attached hydrogen (secondary N) is 1. The molecule has 1 saturated carbocycles. The Balaban J connectivity index is 2.04. The fourth-order valence-electron chi connectivity index (χ4n) is 2.48. The average Bonchev–Trinajstić information content (AvgIpc) is 2.37. The predicted octanol–water partition coefficient (Wildman–Crippen LogP) is 3.18. The highest BCUT2D eigenvalue weighted by Gasteiger charge is 2.45. The number of carboxylic acids is 1. The number of anilines is 1. The number of carbonyl (C=O) groups is 2. The molecule has 1 aliphatic rings. The molecule has 7 heteroatoms. The second kappa shape index (κ2) is 6.29. The normalized spacial score (nSPS) is 16.0. The number of rotatable bonds is 6. The second-order valence-corrected chi connectivity index (χ2v) is 5.52. The highest BCUT2D eigenvalue weighted by Crippen LogP contribution is 2.44. The number of aryl methyl sites for hydroxylation is 1. The van der Waals surface area contributed by atoms with Crippen molar-refractivity contribution in [2.24, 2.45) is 5.41 Å². The molecule has 1 aromatic carbocycles. The maximum Gasteiger partial charge on any atom is 0.387 e. The summed E-state index contributed by atoms with van der Waals surface area (Å²) in [5.41, 5.74) is -0.178. The molecule has 0 radical (unpaired) electrons. The van der Waals surface area contributed by atoms with Gasteiger partial charge in [0.2, 0.25) is 5.91 Å². The number of hydrogen-bond donors (Lipinski definition) is 2. The highest BCUT2D eigenvalue weighted by atomic mass is 19.3. The van der Waals surface area contributed by atoms with E-state index in [2.05, 4.69) is 10.1 Å². The molecule has 0 spiro atoms. The summed E-state index contributed by atoms with van der Waals surface area (Å²) in [7, 11) is 0. The standard InChI is InChI=1S/C15H17F2NO4/c1-9-3-4-10(7-11(9)22-14(16)17)18-12(19)8-15(13(20)21)5-2-6-15/h3-4,7,14H,2,5-6,8H2,1H3,(H,18,19)(H,20,21). The van der Waals surface area contributed by atoms with Crippen molar-refractivity contribution in [3.63, 3.8) is 0 Å². The van der Waals surface area contributed by atoms with E-state index in [-0.39, 0.29) is 12.2 Å². The molecule has 0 atom stereocenters. The molecular weight excluding hydrogens is 296 g/mol. The minimum Gasteiger partial charge on any atom is -0.481 e. The molecule has 22 heavy (non-hydrogen) atoms. The van der Waals surface area contributed by atoms with Crippen LogP contribution < -0.4 is 10.1 Å². The van der Waals surface area contributed by atoms with Crippen molar-refractivity contribution in [1.82, 2.24) is 0 Å². The predicted molar refractivity (Wildman–Crippen MR) is 75.0 cm³/mol. The highest BCUT2D eigenvalue weighted by molar-refractivity contribution is 5.94. The zero-order chi connectivity index (χ0) is 16.3. The van der Waals surface area contributed by atoms with E-state index in [1.807, 2.05) is 0 Å². The van der Waals surface area contributed by atoms with Gasteiger partial charge in [-0.2, -0.15) is 8.78 Å². The van der Waals surface area contributed by atoms with Gasteiger partial charge in [0.25, 0.3) is 0 Å². The number of carboxylic acid groups (broad SMARTS) is 1. The zero-order valence-corrected chi connectivity index (χ0v) is 12.1. The Hall–Kier alpha value is -2.18. The van der Waals surface area contributed by atoms with Gasteiger partial charge in [-0.05, 0) is 31.4 Å². The van der Waals surface area contributed by atoms with E-state index in [4.69, 9.17) is 0 Å². The molecule has 1 amide bonds. The molecule has 2 N–H and O–H groups in total. The summed E-state index contributed by atoms with van der Waals surface area (Å²) in [5, 5.41) is 11.7. The van der Waals surface area contributed by atoms with Crippen LogP contribution in [0.5, 0.6) is 5.75 Å². The first-order valence-electron chi connectivity index (χ1n) is 6.91. The summed E-state index contributed by atoms with van der Waals surface area (Å²) in [4.78, 5) is 23.2. The number of aliphatic carboxylic acids is 1. The lowest BCUT2D eigenvalue weighted by Crippen LogP contribution is -2.41. The molecule has 1 aromatic rings. The molecule has 0 saturated heterocycles. The van der Waals surface area contributed by atoms with Crippen molar-refractivity contribution in [2.45, 2.75) is 39.2 Å². The maximum atomic E-state index is 12.3. The van der Waals surface area contributed by atoms with Crippen molar-refractivity contribution in [2.75, 3.05) is 5.32 Å². The third-order valence-corrected chi connectivity index (χ3v) is 3.95. The monoisotopic (exact) mass is 313 g/mol. The van der Waals surface area contributed by atoms with Gasteiger partial charge >= 0.3 is 12.6 Å². The smallest absolute Gasteiger partial charge is 0.387 e. The van der Waals surface area contributed by atoms with Gasteiger partial charge in [-0.15, -0.1) is 0 Å². The number of halogens is 2. The first-order valence-corrected chi connectivity index (χ1v) is 6.91. The van der Waals surface area contributed by atoms with Gasteiger partial charge < -0.3 is 15.2 Å². The molecule has 1 aliphatic carbocycles. The van der Waals surface area contributed by atoms with Crippen LogP contribution in [0, 0.1) is 12.3 Å². The second-order valence-electron chi connectivity index (χ2n) is 5.52. The average molecular weight is 313 g/mol. The minimum atomic E-state index is -2.95. The van der Waals surface area contributed by atoms with Crippen LogP contribution in [0.4, 0.5) is 14.5 Å². The summed E-state index contributed by atoms with van der Waals surface area (Å²) in [6, 6.07) is 4.40. The van der Waals surface area contributed by atoms with Gasteiger partial charge in [0.1, 0.15) is 5.75 Å². The lowest BCUT2D eigenvalue weighted by molar-refractivity contribution is -0.157. The molecule has 0 aliphatic heterocycles. The van der Waals surface area contributed by atoms with E-state index in [1.54, 1.807) is 19.1 Å². The lowest BCUT2D eigenvalue weighted by atomic mass is 9.66. The van der Waals surface area contributed by atoms with Gasteiger partial charge in [-0.3, -0.25) is 9.59 Å². The molecule has 5 nitrogen and oxygen atoms in total. The minimum absolute atomic E-state index is 0.0237. The SMILES string of the molecule is Cc1ccc(NC(=O)CC2(C(=O)O)CCC2)cc1OC(F)F. The van der Waals surface area contributed by atoms with Crippen molar-refractivity contribution in [1.29, 1.82) is 0 Å². The Kier molecular flexibility index (Phi) is 4.63. The van der Waals surface area contributed by atoms with Gasteiger partial charge in [-0.1, -0.05) is 12.5 Å². The Morgan fingerprint density at radius 3 is 2.59 bits per heavy atom. The van der Waals surface area contributed by atoms with Crippen molar-refractivity contribution in [3.05, 3.63) is 23.8 Å². The van der Waals surface area contributed by atoms with Crippen LogP contribution in [0.3, 0.4) is 0 Å². The lowest BCUT2D eigenvalue weighted by Gasteiger charge is -2.36. The summed E-state index contributed by atoms with van der Waals surface area (Å²) < 4.78 is 28.9. The number of ether oxygens (including phenoxy) is 1. The number of amides is 1. The third kappa shape index (κ3) is 3.52. The third-order valence-electron chi connectivity index (χ3n) is 3.95. The van der Waals surface area contributed by atoms with Gasteiger partial charge in [-0.25, -0.2) is 0 Å². The van der Waals surface area contributed by atoms with Crippen molar-refractivity contribution < 1.29 is 28.2 Å². The van der Waals surface area contributed by atoms with Crippen molar-refractivity contribution >= 4 is 17.6 Å². The summed E-state index contributed by atoms with van der Waals surface area (Å²) in [6.45, 7) is -1.34. The first kappa shape index (κ1) is 16.2. The van der Waals surface area contributed by atoms with Crippen LogP contribution in [0.1, 0.15) is 31.2 Å². The molecule has 2 rings (SSSR count). The number of alkyl halides is 2. The Labute approximate surface area is 126 Å². The summed E-state index contributed by atoms with van der Waals surface area (Å²) >= 11 is 0. The molecule has 120 valence electrons. The molecule has 0 heterocycles. The van der Waals surface area contributed by atoms with Gasteiger partial charge in [0.15, 0.2) is 0 Å². The maximum absolute atomic E-state index is 12.3. The summed E-state index contributed by atoms with van der Waals surface area (Å²) in [5.74, 6) is -1.45. The number of hydrogen-bond acceptors (Lipinski definition) is 3. The fourth-order valence-corrected chi connectivity index (χ4v) is 2.48. The molecule has 0 bridgehead atoms. The van der Waals surface area contributed by atoms with Crippen LogP contribution in [0.25, 0.3) is 0 Å². The van der Waals surface area contributed by atoms with Gasteiger partial charge in [0.05, 0.1) is 5.41 Å². The largest absolute Gasteiger partial charge is 0.481 e. The Morgan fingerprint density at radius 2 is 2.09 bits per heavy atom. The van der Waals surface area contributed by atoms with E-state index in [0.29, 0.717) is 24.1 Å². The van der Waals surface area contributed by atoms with Crippen LogP contribution in [-0.2, 0) is 9.59 Å². The van der Waals surface area contributed by atoms with E-state index >= 15 is 0 Å². The molecular formula is C15H17F2NO4. The Bertz CT molecular complexity index is 585.